The van der Waals surface area contributed by atoms with Crippen LogP contribution in [0.5, 0.6) is 5.75 Å². The number of carbonyl (C=O) groups is 1. The van der Waals surface area contributed by atoms with Gasteiger partial charge in [-0.25, -0.2) is 4.98 Å². The summed E-state index contributed by atoms with van der Waals surface area (Å²) in [5, 5.41) is 0. The van der Waals surface area contributed by atoms with Gasteiger partial charge >= 0.3 is 0 Å². The van der Waals surface area contributed by atoms with Gasteiger partial charge in [-0.1, -0.05) is 17.7 Å². The summed E-state index contributed by atoms with van der Waals surface area (Å²) in [6.07, 6.45) is 1.56. The van der Waals surface area contributed by atoms with Gasteiger partial charge in [-0.3, -0.25) is 4.79 Å². The fourth-order valence-electron chi connectivity index (χ4n) is 1.76. The first-order valence-electron chi connectivity index (χ1n) is 6.63. The number of amides is 1. The number of nitrogens with zero attached hydrogens (tertiary/aromatic N) is 2. The van der Waals surface area contributed by atoms with Crippen LogP contribution in [0.25, 0.3) is 0 Å². The minimum absolute atomic E-state index is 0.0671. The molecule has 2 rings (SSSR count). The van der Waals surface area contributed by atoms with Crippen molar-refractivity contribution < 1.29 is 9.53 Å². The lowest BCUT2D eigenvalue weighted by Gasteiger charge is -2.17. The van der Waals surface area contributed by atoms with Crippen LogP contribution in [0, 0.1) is 6.92 Å². The van der Waals surface area contributed by atoms with Gasteiger partial charge in [0.05, 0.1) is 12.1 Å². The molecule has 1 aromatic heterocycles. The van der Waals surface area contributed by atoms with E-state index in [1.807, 2.05) is 31.2 Å². The van der Waals surface area contributed by atoms with Gasteiger partial charge in [-0.15, -0.1) is 0 Å². The Morgan fingerprint density at radius 3 is 2.57 bits per heavy atom. The molecule has 1 amide bonds. The third kappa shape index (κ3) is 4.56. The van der Waals surface area contributed by atoms with Crippen molar-refractivity contribution in [2.45, 2.75) is 6.92 Å². The molecule has 0 spiro atoms. The van der Waals surface area contributed by atoms with Crippen molar-refractivity contribution >= 4 is 21.8 Å². The number of hydrogen-bond donors (Lipinski definition) is 0. The largest absolute Gasteiger partial charge is 0.492 e. The number of ether oxygens (including phenoxy) is 1. The summed E-state index contributed by atoms with van der Waals surface area (Å²) >= 11 is 3.25. The van der Waals surface area contributed by atoms with Gasteiger partial charge < -0.3 is 9.64 Å². The second kappa shape index (κ2) is 7.22. The number of aromatic nitrogens is 1. The summed E-state index contributed by atoms with van der Waals surface area (Å²) in [6.45, 7) is 3.00. The maximum atomic E-state index is 12.2. The fraction of sp³-hybridized carbons (Fsp3) is 0.250. The van der Waals surface area contributed by atoms with E-state index in [-0.39, 0.29) is 5.91 Å². The number of rotatable bonds is 5. The fourth-order valence-corrected chi connectivity index (χ4v) is 1.99. The molecule has 5 heteroatoms. The molecule has 0 atom stereocenters. The minimum atomic E-state index is -0.0671. The summed E-state index contributed by atoms with van der Waals surface area (Å²) in [4.78, 5) is 17.8. The van der Waals surface area contributed by atoms with E-state index >= 15 is 0 Å². The standard InChI is InChI=1S/C16H17BrN2O2/c1-12-3-6-14(7-4-12)21-10-9-19(2)16(20)13-5-8-15(17)18-11-13/h3-8,11H,9-10H2,1-2H3. The summed E-state index contributed by atoms with van der Waals surface area (Å²) in [6, 6.07) is 11.3. The van der Waals surface area contributed by atoms with Crippen molar-refractivity contribution in [1.82, 2.24) is 9.88 Å². The highest BCUT2D eigenvalue weighted by Gasteiger charge is 2.11. The normalized spacial score (nSPS) is 10.2. The Hall–Kier alpha value is -1.88. The molecule has 21 heavy (non-hydrogen) atoms. The van der Waals surface area contributed by atoms with E-state index in [1.54, 1.807) is 30.3 Å². The Balaban J connectivity index is 1.83. The van der Waals surface area contributed by atoms with Crippen molar-refractivity contribution in [2.24, 2.45) is 0 Å². The van der Waals surface area contributed by atoms with E-state index in [2.05, 4.69) is 20.9 Å². The van der Waals surface area contributed by atoms with Crippen molar-refractivity contribution in [1.29, 1.82) is 0 Å². The van der Waals surface area contributed by atoms with Gasteiger partial charge in [0.15, 0.2) is 0 Å². The molecular formula is C16H17BrN2O2. The first-order valence-corrected chi connectivity index (χ1v) is 7.42. The molecule has 1 heterocycles. The van der Waals surface area contributed by atoms with E-state index < -0.39 is 0 Å². The number of hydrogen-bond acceptors (Lipinski definition) is 3. The van der Waals surface area contributed by atoms with Crippen LogP contribution in [0.3, 0.4) is 0 Å². The van der Waals surface area contributed by atoms with E-state index in [0.717, 1.165) is 5.75 Å². The number of carbonyl (C=O) groups excluding carboxylic acids is 1. The van der Waals surface area contributed by atoms with E-state index in [0.29, 0.717) is 23.3 Å². The lowest BCUT2D eigenvalue weighted by molar-refractivity contribution is 0.0773. The topological polar surface area (TPSA) is 42.4 Å². The Labute approximate surface area is 132 Å². The molecule has 4 nitrogen and oxygen atoms in total. The molecule has 0 saturated heterocycles. The lowest BCUT2D eigenvalue weighted by atomic mass is 10.2. The number of benzene rings is 1. The van der Waals surface area contributed by atoms with Crippen LogP contribution in [0.2, 0.25) is 0 Å². The Kier molecular flexibility index (Phi) is 5.33. The molecule has 0 saturated carbocycles. The molecule has 2 aromatic rings. The summed E-state index contributed by atoms with van der Waals surface area (Å²) < 4.78 is 6.33. The highest BCUT2D eigenvalue weighted by atomic mass is 79.9. The van der Waals surface area contributed by atoms with Crippen LogP contribution in [0.15, 0.2) is 47.2 Å². The molecule has 0 aliphatic carbocycles. The van der Waals surface area contributed by atoms with Gasteiger partial charge in [0, 0.05) is 13.2 Å². The van der Waals surface area contributed by atoms with Crippen LogP contribution in [-0.4, -0.2) is 36.0 Å². The van der Waals surface area contributed by atoms with Crippen LogP contribution < -0.4 is 4.74 Å². The second-order valence-electron chi connectivity index (χ2n) is 4.76. The average molecular weight is 349 g/mol. The molecule has 0 bridgehead atoms. The SMILES string of the molecule is Cc1ccc(OCCN(C)C(=O)c2ccc(Br)nc2)cc1. The number of aryl methyl sites for hydroxylation is 1. The summed E-state index contributed by atoms with van der Waals surface area (Å²) in [5.41, 5.74) is 1.76. The van der Waals surface area contributed by atoms with Gasteiger partial charge in [-0.05, 0) is 47.1 Å². The molecular weight excluding hydrogens is 332 g/mol. The van der Waals surface area contributed by atoms with E-state index in [9.17, 15) is 4.79 Å². The Morgan fingerprint density at radius 2 is 1.95 bits per heavy atom. The second-order valence-corrected chi connectivity index (χ2v) is 5.57. The monoisotopic (exact) mass is 348 g/mol. The van der Waals surface area contributed by atoms with Crippen molar-refractivity contribution in [3.63, 3.8) is 0 Å². The van der Waals surface area contributed by atoms with E-state index in [1.165, 1.54) is 5.56 Å². The van der Waals surface area contributed by atoms with Crippen molar-refractivity contribution in [3.8, 4) is 5.75 Å². The van der Waals surface area contributed by atoms with E-state index in [4.69, 9.17) is 4.74 Å². The summed E-state index contributed by atoms with van der Waals surface area (Å²) in [7, 11) is 1.75. The molecule has 0 unspecified atom stereocenters. The zero-order chi connectivity index (χ0) is 15.2. The number of likely N-dealkylation sites (N-methyl/N-ethyl adjacent to an activating group) is 1. The third-order valence-corrected chi connectivity index (χ3v) is 3.51. The van der Waals surface area contributed by atoms with Crippen LogP contribution in [0.4, 0.5) is 0 Å². The van der Waals surface area contributed by atoms with Crippen LogP contribution in [0.1, 0.15) is 15.9 Å². The lowest BCUT2D eigenvalue weighted by Crippen LogP contribution is -2.30. The van der Waals surface area contributed by atoms with Gasteiger partial charge in [0.1, 0.15) is 17.0 Å². The van der Waals surface area contributed by atoms with Gasteiger partial charge in [0.25, 0.3) is 5.91 Å². The Morgan fingerprint density at radius 1 is 1.24 bits per heavy atom. The molecule has 0 aliphatic rings. The van der Waals surface area contributed by atoms with Gasteiger partial charge in [-0.2, -0.15) is 0 Å². The predicted molar refractivity (Wildman–Crippen MR) is 85.6 cm³/mol. The number of pyridine rings is 1. The molecule has 0 aliphatic heterocycles. The predicted octanol–water partition coefficient (Wildman–Crippen LogP) is 3.30. The van der Waals surface area contributed by atoms with Gasteiger partial charge in [0.2, 0.25) is 0 Å². The third-order valence-electron chi connectivity index (χ3n) is 3.04. The Bertz CT molecular complexity index is 597. The minimum Gasteiger partial charge on any atom is -0.492 e. The molecule has 1 aromatic carbocycles. The highest BCUT2D eigenvalue weighted by molar-refractivity contribution is 9.10. The van der Waals surface area contributed by atoms with Crippen molar-refractivity contribution in [2.75, 3.05) is 20.2 Å². The quantitative estimate of drug-likeness (QED) is 0.778. The summed E-state index contributed by atoms with van der Waals surface area (Å²) in [5.74, 6) is 0.745. The number of halogens is 1. The van der Waals surface area contributed by atoms with Crippen molar-refractivity contribution in [3.05, 3.63) is 58.3 Å². The maximum Gasteiger partial charge on any atom is 0.255 e. The first-order chi connectivity index (χ1) is 10.1. The smallest absolute Gasteiger partial charge is 0.255 e. The molecule has 0 N–H and O–H groups in total. The average Bonchev–Trinajstić information content (AvgIpc) is 2.49. The first kappa shape index (κ1) is 15.5. The molecule has 110 valence electrons. The molecule has 0 fully saturated rings. The maximum absolute atomic E-state index is 12.2. The van der Waals surface area contributed by atoms with Crippen LogP contribution >= 0.6 is 15.9 Å². The zero-order valence-electron chi connectivity index (χ0n) is 12.0. The van der Waals surface area contributed by atoms with Crippen LogP contribution in [-0.2, 0) is 0 Å². The molecule has 0 radical (unpaired) electrons. The highest BCUT2D eigenvalue weighted by Crippen LogP contribution is 2.12. The zero-order valence-corrected chi connectivity index (χ0v) is 13.6.